The van der Waals surface area contributed by atoms with Crippen LogP contribution in [-0.4, -0.2) is 13.1 Å². The maximum atomic E-state index is 6.06. The van der Waals surface area contributed by atoms with E-state index in [1.165, 1.54) is 57.3 Å². The largest absolute Gasteiger partial charge is 0.371 e. The average Bonchev–Trinajstić information content (AvgIpc) is 2.88. The number of hydrogen-bond acceptors (Lipinski definition) is 1. The van der Waals surface area contributed by atoms with E-state index in [0.29, 0.717) is 11.3 Å². The van der Waals surface area contributed by atoms with Crippen LogP contribution < -0.4 is 4.90 Å². The normalized spacial score (nSPS) is 22.1. The van der Waals surface area contributed by atoms with E-state index in [0.717, 1.165) is 10.6 Å². The van der Waals surface area contributed by atoms with Gasteiger partial charge in [-0.2, -0.15) is 0 Å². The van der Waals surface area contributed by atoms with Crippen molar-refractivity contribution < 1.29 is 0 Å². The maximum absolute atomic E-state index is 6.06. The molecule has 3 heteroatoms. The predicted molar refractivity (Wildman–Crippen MR) is 83.4 cm³/mol. The van der Waals surface area contributed by atoms with Crippen LogP contribution in [0.4, 0.5) is 5.69 Å². The number of rotatable bonds is 2. The van der Waals surface area contributed by atoms with E-state index < -0.39 is 0 Å². The van der Waals surface area contributed by atoms with E-state index in [4.69, 9.17) is 23.2 Å². The maximum Gasteiger partial charge on any atom is 0.0495 e. The van der Waals surface area contributed by atoms with E-state index >= 15 is 0 Å². The van der Waals surface area contributed by atoms with Crippen LogP contribution in [0.1, 0.15) is 44.1 Å². The van der Waals surface area contributed by atoms with Crippen molar-refractivity contribution in [3.8, 4) is 0 Å². The first-order valence-corrected chi connectivity index (χ1v) is 8.23. The summed E-state index contributed by atoms with van der Waals surface area (Å²) in [6.07, 6.45) is 8.46. The summed E-state index contributed by atoms with van der Waals surface area (Å²) >= 11 is 12.1. The number of nitrogens with zero attached hydrogens (tertiary/aromatic N) is 1. The van der Waals surface area contributed by atoms with Crippen molar-refractivity contribution in [2.75, 3.05) is 18.0 Å². The highest BCUT2D eigenvalue weighted by molar-refractivity contribution is 6.30. The highest BCUT2D eigenvalue weighted by atomic mass is 35.5. The van der Waals surface area contributed by atoms with Crippen molar-refractivity contribution in [2.24, 2.45) is 5.41 Å². The Hall–Kier alpha value is -0.400. The van der Waals surface area contributed by atoms with Crippen LogP contribution in [0.2, 0.25) is 5.02 Å². The minimum atomic E-state index is 0.539. The standard InChI is InChI=1S/C16H21Cl2N/c17-12-13-11-14(18)3-4-15(13)19-9-7-16(8-10-19)5-1-2-6-16/h3-4,11H,1-2,5-10,12H2. The van der Waals surface area contributed by atoms with Gasteiger partial charge in [-0.1, -0.05) is 24.4 Å². The van der Waals surface area contributed by atoms with Gasteiger partial charge in [0.2, 0.25) is 0 Å². The SMILES string of the molecule is ClCc1cc(Cl)ccc1N1CCC2(CCCC2)CC1. The van der Waals surface area contributed by atoms with E-state index in [2.05, 4.69) is 11.0 Å². The van der Waals surface area contributed by atoms with Gasteiger partial charge in [-0.3, -0.25) is 0 Å². The van der Waals surface area contributed by atoms with Crippen molar-refractivity contribution in [3.63, 3.8) is 0 Å². The van der Waals surface area contributed by atoms with Crippen LogP contribution in [0.25, 0.3) is 0 Å². The molecule has 1 aliphatic carbocycles. The Labute approximate surface area is 125 Å². The lowest BCUT2D eigenvalue weighted by molar-refractivity contribution is 0.226. The van der Waals surface area contributed by atoms with E-state index in [9.17, 15) is 0 Å². The molecule has 1 saturated carbocycles. The Kier molecular flexibility index (Phi) is 3.96. The first-order chi connectivity index (χ1) is 9.22. The fraction of sp³-hybridized carbons (Fsp3) is 0.625. The van der Waals surface area contributed by atoms with Crippen LogP contribution in [0.15, 0.2) is 18.2 Å². The highest BCUT2D eigenvalue weighted by Gasteiger charge is 2.37. The fourth-order valence-corrected chi connectivity index (χ4v) is 4.23. The second-order valence-electron chi connectivity index (χ2n) is 6.10. The lowest BCUT2D eigenvalue weighted by atomic mass is 9.77. The van der Waals surface area contributed by atoms with Crippen molar-refractivity contribution in [1.29, 1.82) is 0 Å². The van der Waals surface area contributed by atoms with Crippen LogP contribution in [0, 0.1) is 5.41 Å². The van der Waals surface area contributed by atoms with E-state index in [1.807, 2.05) is 12.1 Å². The van der Waals surface area contributed by atoms with Crippen LogP contribution in [0.5, 0.6) is 0 Å². The van der Waals surface area contributed by atoms with Crippen LogP contribution in [0.3, 0.4) is 0 Å². The number of anilines is 1. The predicted octanol–water partition coefficient (Wildman–Crippen LogP) is 5.24. The lowest BCUT2D eigenvalue weighted by Gasteiger charge is -2.41. The van der Waals surface area contributed by atoms with Gasteiger partial charge in [0.1, 0.15) is 0 Å². The summed E-state index contributed by atoms with van der Waals surface area (Å²) in [4.78, 5) is 2.50. The Morgan fingerprint density at radius 3 is 2.37 bits per heavy atom. The number of halogens is 2. The van der Waals surface area contributed by atoms with Gasteiger partial charge in [0, 0.05) is 29.7 Å². The van der Waals surface area contributed by atoms with Crippen LogP contribution in [-0.2, 0) is 5.88 Å². The number of benzene rings is 1. The van der Waals surface area contributed by atoms with Gasteiger partial charge in [-0.25, -0.2) is 0 Å². The fourth-order valence-electron chi connectivity index (χ4n) is 3.82. The molecule has 2 aliphatic rings. The topological polar surface area (TPSA) is 3.24 Å². The van der Waals surface area contributed by atoms with Gasteiger partial charge < -0.3 is 4.90 Å². The highest BCUT2D eigenvalue weighted by Crippen LogP contribution is 2.47. The third-order valence-electron chi connectivity index (χ3n) is 5.01. The van der Waals surface area contributed by atoms with Gasteiger partial charge >= 0.3 is 0 Å². The molecule has 1 aromatic rings. The molecule has 0 aromatic heterocycles. The van der Waals surface area contributed by atoms with Gasteiger partial charge in [0.15, 0.2) is 0 Å². The third-order valence-corrected chi connectivity index (χ3v) is 5.54. The lowest BCUT2D eigenvalue weighted by Crippen LogP contribution is -2.39. The molecule has 0 amide bonds. The molecule has 1 aromatic carbocycles. The Morgan fingerprint density at radius 2 is 1.74 bits per heavy atom. The van der Waals surface area contributed by atoms with Crippen LogP contribution >= 0.6 is 23.2 Å². The summed E-state index contributed by atoms with van der Waals surface area (Å²) < 4.78 is 0. The molecule has 0 radical (unpaired) electrons. The van der Waals surface area contributed by atoms with Gasteiger partial charge in [0.05, 0.1) is 0 Å². The van der Waals surface area contributed by atoms with Crippen molar-refractivity contribution >= 4 is 28.9 Å². The number of piperidine rings is 1. The zero-order chi connectivity index (χ0) is 13.3. The molecule has 0 atom stereocenters. The van der Waals surface area contributed by atoms with Crippen molar-refractivity contribution in [1.82, 2.24) is 0 Å². The Balaban J connectivity index is 1.74. The molecular weight excluding hydrogens is 277 g/mol. The van der Waals surface area contributed by atoms with E-state index in [-0.39, 0.29) is 0 Å². The first kappa shape index (κ1) is 13.6. The second kappa shape index (κ2) is 5.54. The minimum absolute atomic E-state index is 0.539. The molecule has 1 spiro atoms. The van der Waals surface area contributed by atoms with Gasteiger partial charge in [0.25, 0.3) is 0 Å². The summed E-state index contributed by atoms with van der Waals surface area (Å²) in [5.41, 5.74) is 3.12. The van der Waals surface area contributed by atoms with Crippen molar-refractivity contribution in [3.05, 3.63) is 28.8 Å². The molecule has 2 fully saturated rings. The number of alkyl halides is 1. The Bertz CT molecular complexity index is 442. The smallest absolute Gasteiger partial charge is 0.0495 e. The summed E-state index contributed by atoms with van der Waals surface area (Å²) in [5.74, 6) is 0.539. The van der Waals surface area contributed by atoms with Gasteiger partial charge in [-0.05, 0) is 54.9 Å². The van der Waals surface area contributed by atoms with Gasteiger partial charge in [-0.15, -0.1) is 11.6 Å². The molecule has 1 nitrogen and oxygen atoms in total. The zero-order valence-corrected chi connectivity index (χ0v) is 12.8. The first-order valence-electron chi connectivity index (χ1n) is 7.32. The quantitative estimate of drug-likeness (QED) is 0.675. The summed E-state index contributed by atoms with van der Waals surface area (Å²) in [5, 5.41) is 0.781. The van der Waals surface area contributed by atoms with E-state index in [1.54, 1.807) is 0 Å². The second-order valence-corrected chi connectivity index (χ2v) is 6.80. The molecule has 0 bridgehead atoms. The van der Waals surface area contributed by atoms with Crippen molar-refractivity contribution in [2.45, 2.75) is 44.4 Å². The molecule has 19 heavy (non-hydrogen) atoms. The molecule has 1 heterocycles. The summed E-state index contributed by atoms with van der Waals surface area (Å²) in [6, 6.07) is 6.11. The monoisotopic (exact) mass is 297 g/mol. The molecule has 0 unspecified atom stereocenters. The molecule has 1 aliphatic heterocycles. The average molecular weight is 298 g/mol. The molecule has 3 rings (SSSR count). The zero-order valence-electron chi connectivity index (χ0n) is 11.3. The molecule has 1 saturated heterocycles. The molecular formula is C16H21Cl2N. The molecule has 104 valence electrons. The third kappa shape index (κ3) is 2.73. The summed E-state index contributed by atoms with van der Waals surface area (Å²) in [6.45, 7) is 2.34. The Morgan fingerprint density at radius 1 is 1.05 bits per heavy atom. The number of hydrogen-bond donors (Lipinski definition) is 0. The summed E-state index contributed by atoms with van der Waals surface area (Å²) in [7, 11) is 0. The molecule has 0 N–H and O–H groups in total. The minimum Gasteiger partial charge on any atom is -0.371 e.